The van der Waals surface area contributed by atoms with Crippen molar-refractivity contribution in [1.29, 1.82) is 0 Å². The van der Waals surface area contributed by atoms with Crippen LogP contribution in [0.1, 0.15) is 32.1 Å². The van der Waals surface area contributed by atoms with Crippen LogP contribution in [0.15, 0.2) is 0 Å². The molecule has 0 amide bonds. The first-order valence-corrected chi connectivity index (χ1v) is 7.73. The van der Waals surface area contributed by atoms with Gasteiger partial charge in [0.05, 0.1) is 18.8 Å². The van der Waals surface area contributed by atoms with Crippen molar-refractivity contribution in [3.05, 3.63) is 0 Å². The summed E-state index contributed by atoms with van der Waals surface area (Å²) in [6.07, 6.45) is 3.60. The molecule has 1 N–H and O–H groups in total. The van der Waals surface area contributed by atoms with E-state index in [2.05, 4.69) is 0 Å². The Balaban J connectivity index is 1.77. The normalized spacial score (nSPS) is 22.4. The first-order chi connectivity index (χ1) is 7.91. The molecule has 0 radical (unpaired) electrons. The number of hydrogen-bond donors (Lipinski definition) is 1. The minimum atomic E-state index is -3.28. The molecule has 2 rings (SSSR count). The summed E-state index contributed by atoms with van der Waals surface area (Å²) in [6, 6.07) is 0. The Morgan fingerprint density at radius 1 is 1.35 bits per heavy atom. The average molecular weight is 262 g/mol. The second kappa shape index (κ2) is 4.57. The number of sulfone groups is 1. The lowest BCUT2D eigenvalue weighted by Gasteiger charge is -2.12. The third-order valence-electron chi connectivity index (χ3n) is 3.32. The van der Waals surface area contributed by atoms with Gasteiger partial charge in [0.1, 0.15) is 5.94 Å². The van der Waals surface area contributed by atoms with Crippen molar-refractivity contribution in [3.8, 4) is 0 Å². The highest BCUT2D eigenvalue weighted by molar-refractivity contribution is 7.91. The van der Waals surface area contributed by atoms with Crippen LogP contribution in [0.3, 0.4) is 0 Å². The molecule has 0 atom stereocenters. The quantitative estimate of drug-likeness (QED) is 0.707. The van der Waals surface area contributed by atoms with Gasteiger partial charge in [-0.2, -0.15) is 0 Å². The SMILES string of the molecule is O=C(O)CC1(CS(=O)(=O)COCC2CC2)CC1. The molecule has 5 nitrogen and oxygen atoms in total. The molecule has 6 heteroatoms. The van der Waals surface area contributed by atoms with E-state index in [1.165, 1.54) is 0 Å². The molecule has 2 aliphatic rings. The molecule has 0 aromatic rings. The van der Waals surface area contributed by atoms with E-state index in [4.69, 9.17) is 9.84 Å². The predicted octanol–water partition coefficient (Wildman–Crippen LogP) is 1.04. The minimum absolute atomic E-state index is 0.0447. The number of carboxylic acids is 1. The van der Waals surface area contributed by atoms with Crippen LogP contribution in [-0.4, -0.2) is 37.8 Å². The third kappa shape index (κ3) is 4.27. The molecule has 0 aliphatic heterocycles. The van der Waals surface area contributed by atoms with E-state index < -0.39 is 21.2 Å². The standard InChI is InChI=1S/C11H18O5S/c12-10(13)5-11(3-4-11)7-17(14,15)8-16-6-9-1-2-9/h9H,1-8H2,(H,12,13). The fourth-order valence-corrected chi connectivity index (χ4v) is 3.76. The van der Waals surface area contributed by atoms with Gasteiger partial charge in [0, 0.05) is 0 Å². The summed E-state index contributed by atoms with van der Waals surface area (Å²) in [5, 5.41) is 8.72. The third-order valence-corrected chi connectivity index (χ3v) is 4.90. The van der Waals surface area contributed by atoms with Crippen molar-refractivity contribution in [1.82, 2.24) is 0 Å². The van der Waals surface area contributed by atoms with Crippen LogP contribution in [-0.2, 0) is 19.4 Å². The Hall–Kier alpha value is -0.620. The summed E-state index contributed by atoms with van der Waals surface area (Å²) in [5.74, 6) is -0.683. The monoisotopic (exact) mass is 262 g/mol. The van der Waals surface area contributed by atoms with Gasteiger partial charge in [0.25, 0.3) is 0 Å². The van der Waals surface area contributed by atoms with Gasteiger partial charge in [0.2, 0.25) is 0 Å². The van der Waals surface area contributed by atoms with Gasteiger partial charge in [-0.1, -0.05) is 0 Å². The van der Waals surface area contributed by atoms with E-state index in [0.717, 1.165) is 12.8 Å². The molecule has 0 bridgehead atoms. The van der Waals surface area contributed by atoms with Crippen LogP contribution in [0.25, 0.3) is 0 Å². The molecular formula is C11H18O5S. The summed E-state index contributed by atoms with van der Waals surface area (Å²) in [5.41, 5.74) is -0.506. The van der Waals surface area contributed by atoms with Crippen molar-refractivity contribution in [2.24, 2.45) is 11.3 Å². The van der Waals surface area contributed by atoms with Gasteiger partial charge in [-0.15, -0.1) is 0 Å². The highest BCUT2D eigenvalue weighted by Crippen LogP contribution is 2.49. The van der Waals surface area contributed by atoms with E-state index in [1.807, 2.05) is 0 Å². The van der Waals surface area contributed by atoms with Gasteiger partial charge in [0.15, 0.2) is 9.84 Å². The van der Waals surface area contributed by atoms with Gasteiger partial charge < -0.3 is 9.84 Å². The van der Waals surface area contributed by atoms with E-state index in [0.29, 0.717) is 25.4 Å². The van der Waals surface area contributed by atoms with E-state index >= 15 is 0 Å². The Bertz CT molecular complexity index is 392. The number of ether oxygens (including phenoxy) is 1. The van der Waals surface area contributed by atoms with Crippen LogP contribution in [0.5, 0.6) is 0 Å². The van der Waals surface area contributed by atoms with Crippen LogP contribution in [0.2, 0.25) is 0 Å². The molecule has 0 heterocycles. The maximum atomic E-state index is 11.8. The Morgan fingerprint density at radius 2 is 2.00 bits per heavy atom. The number of hydrogen-bond acceptors (Lipinski definition) is 4. The molecule has 0 aromatic heterocycles. The second-order valence-electron chi connectivity index (χ2n) is 5.39. The Morgan fingerprint density at radius 3 is 2.47 bits per heavy atom. The highest BCUT2D eigenvalue weighted by atomic mass is 32.2. The molecule has 0 spiro atoms. The van der Waals surface area contributed by atoms with Crippen molar-refractivity contribution < 1.29 is 23.1 Å². The lowest BCUT2D eigenvalue weighted by atomic mass is 10.1. The van der Waals surface area contributed by atoms with Crippen LogP contribution < -0.4 is 0 Å². The van der Waals surface area contributed by atoms with Crippen molar-refractivity contribution in [3.63, 3.8) is 0 Å². The van der Waals surface area contributed by atoms with Crippen molar-refractivity contribution in [2.75, 3.05) is 18.3 Å². The number of carbonyl (C=O) groups is 1. The topological polar surface area (TPSA) is 80.7 Å². The summed E-state index contributed by atoms with van der Waals surface area (Å²) in [4.78, 5) is 10.6. The zero-order valence-corrected chi connectivity index (χ0v) is 10.5. The molecule has 0 aromatic carbocycles. The first kappa shape index (κ1) is 12.8. The molecule has 2 fully saturated rings. The van der Waals surface area contributed by atoms with E-state index in [1.54, 1.807) is 0 Å². The second-order valence-corrected chi connectivity index (χ2v) is 7.40. The summed E-state index contributed by atoms with van der Waals surface area (Å²) in [7, 11) is -3.28. The highest BCUT2D eigenvalue weighted by Gasteiger charge is 2.47. The van der Waals surface area contributed by atoms with Crippen molar-refractivity contribution in [2.45, 2.75) is 32.1 Å². The molecule has 2 aliphatic carbocycles. The molecular weight excluding hydrogens is 244 g/mol. The number of rotatable bonds is 8. The molecule has 17 heavy (non-hydrogen) atoms. The van der Waals surface area contributed by atoms with E-state index in [9.17, 15) is 13.2 Å². The van der Waals surface area contributed by atoms with Crippen LogP contribution in [0.4, 0.5) is 0 Å². The lowest BCUT2D eigenvalue weighted by molar-refractivity contribution is -0.138. The van der Waals surface area contributed by atoms with Crippen LogP contribution >= 0.6 is 0 Å². The van der Waals surface area contributed by atoms with Gasteiger partial charge in [-0.3, -0.25) is 4.79 Å². The first-order valence-electron chi connectivity index (χ1n) is 5.91. The fourth-order valence-electron chi connectivity index (χ4n) is 2.00. The van der Waals surface area contributed by atoms with Crippen LogP contribution in [0, 0.1) is 11.3 Å². The summed E-state index contributed by atoms with van der Waals surface area (Å²) in [6.45, 7) is 0.519. The maximum absolute atomic E-state index is 11.8. The number of carboxylic acid groups (broad SMARTS) is 1. The number of aliphatic carboxylic acids is 1. The average Bonchev–Trinajstić information content (AvgIpc) is 3.02. The molecule has 0 saturated heterocycles. The molecule has 0 unspecified atom stereocenters. The zero-order valence-electron chi connectivity index (χ0n) is 9.72. The van der Waals surface area contributed by atoms with Gasteiger partial charge in [-0.25, -0.2) is 8.42 Å². The maximum Gasteiger partial charge on any atom is 0.303 e. The van der Waals surface area contributed by atoms with Gasteiger partial charge >= 0.3 is 5.97 Å². The fraction of sp³-hybridized carbons (Fsp3) is 0.909. The lowest BCUT2D eigenvalue weighted by Crippen LogP contribution is -2.23. The minimum Gasteiger partial charge on any atom is -0.481 e. The predicted molar refractivity (Wildman–Crippen MR) is 61.2 cm³/mol. The smallest absolute Gasteiger partial charge is 0.303 e. The van der Waals surface area contributed by atoms with Crippen molar-refractivity contribution >= 4 is 15.8 Å². The Kier molecular flexibility index (Phi) is 3.45. The molecule has 2 saturated carbocycles. The Labute approximate surface area is 101 Å². The zero-order chi connectivity index (χ0) is 12.5. The summed E-state index contributed by atoms with van der Waals surface area (Å²) < 4.78 is 28.7. The summed E-state index contributed by atoms with van der Waals surface area (Å²) >= 11 is 0. The molecule has 98 valence electrons. The van der Waals surface area contributed by atoms with Gasteiger partial charge in [-0.05, 0) is 37.0 Å². The largest absolute Gasteiger partial charge is 0.481 e. The van der Waals surface area contributed by atoms with E-state index in [-0.39, 0.29) is 18.1 Å².